The average Bonchev–Trinajstić information content (AvgIpc) is 2.95. The van der Waals surface area contributed by atoms with Crippen LogP contribution in [0.4, 0.5) is 18.3 Å². The lowest BCUT2D eigenvalue weighted by Gasteiger charge is -2.17. The summed E-state index contributed by atoms with van der Waals surface area (Å²) in [5.74, 6) is 0. The number of nitrogens with zero attached hydrogens (tertiary/aromatic N) is 2. The van der Waals surface area contributed by atoms with Crippen molar-refractivity contribution in [3.8, 4) is 0 Å². The lowest BCUT2D eigenvalue weighted by atomic mass is 10.4. The number of anilines is 1. The van der Waals surface area contributed by atoms with E-state index in [9.17, 15) is 21.6 Å². The Morgan fingerprint density at radius 1 is 1.48 bits per heavy atom. The largest absolute Gasteiger partial charge is 0.427 e. The maximum atomic E-state index is 12.5. The minimum Gasteiger partial charge on any atom is -0.347 e. The minimum absolute atomic E-state index is 0.160. The van der Waals surface area contributed by atoms with Gasteiger partial charge in [0.25, 0.3) is 0 Å². The second kappa shape index (κ2) is 5.73. The Hall–Kier alpha value is -0.870. The summed E-state index contributed by atoms with van der Waals surface area (Å²) < 4.78 is 64.2. The Kier molecular flexibility index (Phi) is 4.50. The topological polar surface area (TPSA) is 62.3 Å². The zero-order chi connectivity index (χ0) is 15.8. The van der Waals surface area contributed by atoms with E-state index < -0.39 is 26.3 Å². The van der Waals surface area contributed by atoms with Crippen LogP contribution in [0.15, 0.2) is 6.20 Å². The summed E-state index contributed by atoms with van der Waals surface area (Å²) in [7, 11) is -3.46. The molecule has 1 saturated heterocycles. The third-order valence-electron chi connectivity index (χ3n) is 3.03. The van der Waals surface area contributed by atoms with Crippen molar-refractivity contribution in [2.45, 2.75) is 37.7 Å². The van der Waals surface area contributed by atoms with Crippen LogP contribution in [0.1, 0.15) is 25.1 Å². The van der Waals surface area contributed by atoms with Crippen molar-refractivity contribution in [3.63, 3.8) is 0 Å². The van der Waals surface area contributed by atoms with E-state index in [4.69, 9.17) is 0 Å². The predicted molar refractivity (Wildman–Crippen MR) is 74.9 cm³/mol. The summed E-state index contributed by atoms with van der Waals surface area (Å²) in [6.07, 6.45) is -3.25. The molecule has 1 fully saturated rings. The fraction of sp³-hybridized carbons (Fsp3) is 0.727. The molecule has 5 nitrogen and oxygen atoms in total. The van der Waals surface area contributed by atoms with Crippen LogP contribution in [0.5, 0.6) is 0 Å². The van der Waals surface area contributed by atoms with Gasteiger partial charge in [-0.05, 0) is 20.3 Å². The second-order valence-electron chi connectivity index (χ2n) is 5.18. The van der Waals surface area contributed by atoms with Gasteiger partial charge in [-0.15, -0.1) is 0 Å². The number of alkyl halides is 3. The summed E-state index contributed by atoms with van der Waals surface area (Å²) in [5, 5.41) is -0.414. The molecule has 21 heavy (non-hydrogen) atoms. The Labute approximate surface area is 125 Å². The first kappa shape index (κ1) is 16.5. The highest BCUT2D eigenvalue weighted by molar-refractivity contribution is 7.90. The minimum atomic E-state index is -4.42. The third kappa shape index (κ3) is 3.86. The molecular formula is C11H16F3N3O2S2. The molecule has 0 aromatic carbocycles. The van der Waals surface area contributed by atoms with Crippen molar-refractivity contribution in [2.24, 2.45) is 0 Å². The molecule has 0 radical (unpaired) electrons. The quantitative estimate of drug-likeness (QED) is 0.909. The summed E-state index contributed by atoms with van der Waals surface area (Å²) in [6.45, 7) is 3.99. The maximum absolute atomic E-state index is 12.5. The highest BCUT2D eigenvalue weighted by Crippen LogP contribution is 2.37. The number of aromatic nitrogens is 1. The SMILES string of the molecule is CC(C)NS(=O)(=O)[C@H]1CCN(c2ncc(C(F)(F)F)s2)C1. The fourth-order valence-corrected chi connectivity index (χ4v) is 4.58. The van der Waals surface area contributed by atoms with Crippen LogP contribution in [0.2, 0.25) is 0 Å². The molecule has 1 aliphatic rings. The molecular weight excluding hydrogens is 327 g/mol. The molecule has 1 aromatic heterocycles. The third-order valence-corrected chi connectivity index (χ3v) is 6.19. The van der Waals surface area contributed by atoms with Crippen LogP contribution < -0.4 is 9.62 Å². The fourth-order valence-electron chi connectivity index (χ4n) is 2.12. The van der Waals surface area contributed by atoms with Crippen molar-refractivity contribution in [3.05, 3.63) is 11.1 Å². The van der Waals surface area contributed by atoms with E-state index in [-0.39, 0.29) is 17.7 Å². The van der Waals surface area contributed by atoms with Gasteiger partial charge in [-0.3, -0.25) is 0 Å². The second-order valence-corrected chi connectivity index (χ2v) is 8.18. The van der Waals surface area contributed by atoms with Gasteiger partial charge in [0.15, 0.2) is 5.13 Å². The smallest absolute Gasteiger partial charge is 0.347 e. The molecule has 1 atom stereocenters. The summed E-state index contributed by atoms with van der Waals surface area (Å²) in [6, 6.07) is -0.208. The van der Waals surface area contributed by atoms with Crippen molar-refractivity contribution in [1.29, 1.82) is 0 Å². The van der Waals surface area contributed by atoms with Crippen LogP contribution in [-0.4, -0.2) is 37.8 Å². The van der Waals surface area contributed by atoms with E-state index >= 15 is 0 Å². The molecule has 1 aromatic rings. The molecule has 0 spiro atoms. The first-order chi connectivity index (χ1) is 9.59. The van der Waals surface area contributed by atoms with E-state index in [0.29, 0.717) is 24.3 Å². The van der Waals surface area contributed by atoms with Crippen molar-refractivity contribution < 1.29 is 21.6 Å². The molecule has 0 saturated carbocycles. The maximum Gasteiger partial charge on any atom is 0.427 e. The first-order valence-electron chi connectivity index (χ1n) is 6.38. The molecule has 0 unspecified atom stereocenters. The van der Waals surface area contributed by atoms with Gasteiger partial charge in [0.05, 0.1) is 11.4 Å². The highest BCUT2D eigenvalue weighted by Gasteiger charge is 2.37. The molecule has 1 aliphatic heterocycles. The Balaban J connectivity index is 2.08. The van der Waals surface area contributed by atoms with Gasteiger partial charge in [0.2, 0.25) is 10.0 Å². The molecule has 1 N–H and O–H groups in total. The highest BCUT2D eigenvalue weighted by atomic mass is 32.2. The molecule has 10 heteroatoms. The predicted octanol–water partition coefficient (Wildman–Crippen LogP) is 2.07. The van der Waals surface area contributed by atoms with Crippen molar-refractivity contribution in [1.82, 2.24) is 9.71 Å². The molecule has 0 amide bonds. The molecule has 2 rings (SSSR count). The Morgan fingerprint density at radius 3 is 2.67 bits per heavy atom. The summed E-state index contributed by atoms with van der Waals surface area (Å²) >= 11 is 0.538. The van der Waals surface area contributed by atoms with E-state index in [0.717, 1.165) is 6.20 Å². The molecule has 0 bridgehead atoms. The van der Waals surface area contributed by atoms with E-state index in [1.54, 1.807) is 18.7 Å². The first-order valence-corrected chi connectivity index (χ1v) is 8.75. The van der Waals surface area contributed by atoms with Crippen LogP contribution in [-0.2, 0) is 16.2 Å². The lowest BCUT2D eigenvalue weighted by molar-refractivity contribution is -0.134. The molecule has 0 aliphatic carbocycles. The number of thiazole rings is 1. The number of nitrogens with one attached hydrogen (secondary N) is 1. The van der Waals surface area contributed by atoms with E-state index in [1.165, 1.54) is 0 Å². The zero-order valence-electron chi connectivity index (χ0n) is 11.5. The van der Waals surface area contributed by atoms with Gasteiger partial charge in [0, 0.05) is 19.1 Å². The lowest BCUT2D eigenvalue weighted by Crippen LogP contribution is -2.39. The Bertz CT molecular complexity index is 598. The number of sulfonamides is 1. The van der Waals surface area contributed by atoms with Gasteiger partial charge >= 0.3 is 6.18 Å². The van der Waals surface area contributed by atoms with Gasteiger partial charge in [-0.2, -0.15) is 13.2 Å². The van der Waals surface area contributed by atoms with Gasteiger partial charge in [0.1, 0.15) is 4.88 Å². The van der Waals surface area contributed by atoms with Crippen molar-refractivity contribution >= 4 is 26.5 Å². The van der Waals surface area contributed by atoms with E-state index in [1.807, 2.05) is 0 Å². The van der Waals surface area contributed by atoms with Crippen LogP contribution in [0.25, 0.3) is 0 Å². The number of hydrogen-bond acceptors (Lipinski definition) is 5. The van der Waals surface area contributed by atoms with Crippen LogP contribution in [0.3, 0.4) is 0 Å². The number of hydrogen-bond donors (Lipinski definition) is 1. The van der Waals surface area contributed by atoms with Crippen molar-refractivity contribution in [2.75, 3.05) is 18.0 Å². The number of rotatable bonds is 4. The van der Waals surface area contributed by atoms with Gasteiger partial charge in [-0.1, -0.05) is 11.3 Å². The average molecular weight is 343 g/mol. The van der Waals surface area contributed by atoms with Crippen LogP contribution >= 0.6 is 11.3 Å². The van der Waals surface area contributed by atoms with Gasteiger partial charge < -0.3 is 4.90 Å². The zero-order valence-corrected chi connectivity index (χ0v) is 13.1. The molecule has 2 heterocycles. The number of halogens is 3. The van der Waals surface area contributed by atoms with E-state index in [2.05, 4.69) is 9.71 Å². The normalized spacial score (nSPS) is 20.5. The summed E-state index contributed by atoms with van der Waals surface area (Å²) in [5.41, 5.74) is 0. The monoisotopic (exact) mass is 343 g/mol. The van der Waals surface area contributed by atoms with Crippen LogP contribution in [0, 0.1) is 0 Å². The summed E-state index contributed by atoms with van der Waals surface area (Å²) in [4.78, 5) is 4.56. The molecule has 120 valence electrons. The Morgan fingerprint density at radius 2 is 2.14 bits per heavy atom. The van der Waals surface area contributed by atoms with Gasteiger partial charge in [-0.25, -0.2) is 18.1 Å². The standard InChI is InChI=1S/C11H16F3N3O2S2/c1-7(2)16-21(18,19)8-3-4-17(6-8)10-15-5-9(20-10)11(12,13)14/h5,7-8,16H,3-4,6H2,1-2H3/t8-/m0/s1.